The Balaban J connectivity index is 1.45. The van der Waals surface area contributed by atoms with Crippen molar-refractivity contribution in [2.45, 2.75) is 26.2 Å². The van der Waals surface area contributed by atoms with Gasteiger partial charge in [-0.05, 0) is 44.4 Å². The number of ether oxygens (including phenoxy) is 1. The van der Waals surface area contributed by atoms with Crippen LogP contribution in [0.2, 0.25) is 0 Å². The molecule has 2 aromatic heterocycles. The molecule has 1 aliphatic carbocycles. The normalized spacial score (nSPS) is 17.4. The lowest BCUT2D eigenvalue weighted by atomic mass is 10.1. The maximum atomic E-state index is 12.5. The Kier molecular flexibility index (Phi) is 5.41. The second-order valence-corrected chi connectivity index (χ2v) is 7.69. The number of carbonyl (C=O) groups is 2. The molecule has 2 aromatic rings. The van der Waals surface area contributed by atoms with Crippen LogP contribution in [0.15, 0.2) is 41.7 Å². The average molecular weight is 420 g/mol. The Morgan fingerprint density at radius 1 is 1.32 bits per heavy atom. The first-order chi connectivity index (χ1) is 15.0. The van der Waals surface area contributed by atoms with E-state index in [2.05, 4.69) is 20.3 Å². The second kappa shape index (κ2) is 8.17. The third-order valence-corrected chi connectivity index (χ3v) is 5.59. The van der Waals surface area contributed by atoms with E-state index in [9.17, 15) is 9.59 Å². The van der Waals surface area contributed by atoms with Gasteiger partial charge in [0.25, 0.3) is 0 Å². The molecule has 2 fully saturated rings. The predicted octanol–water partition coefficient (Wildman–Crippen LogP) is 3.12. The van der Waals surface area contributed by atoms with Crippen LogP contribution in [0.3, 0.4) is 0 Å². The van der Waals surface area contributed by atoms with E-state index in [1.165, 1.54) is 11.1 Å². The number of imide groups is 1. The number of allylic oxidation sites excluding steroid dienone is 1. The maximum Gasteiger partial charge on any atom is 0.329 e. The number of anilines is 1. The van der Waals surface area contributed by atoms with E-state index in [1.807, 2.05) is 0 Å². The molecule has 4 rings (SSSR count). The van der Waals surface area contributed by atoms with Crippen LogP contribution in [0.4, 0.5) is 10.6 Å². The molecule has 3 amide bonds. The van der Waals surface area contributed by atoms with Crippen molar-refractivity contribution < 1.29 is 14.3 Å². The minimum atomic E-state index is -0.438. The van der Waals surface area contributed by atoms with Crippen LogP contribution < -0.4 is 15.8 Å². The molecule has 9 nitrogen and oxygen atoms in total. The third-order valence-electron chi connectivity index (χ3n) is 5.59. The second-order valence-electron chi connectivity index (χ2n) is 7.69. The van der Waals surface area contributed by atoms with Gasteiger partial charge in [0.1, 0.15) is 17.3 Å². The molecule has 0 aromatic carbocycles. The lowest BCUT2D eigenvalue weighted by Crippen LogP contribution is -2.37. The highest BCUT2D eigenvalue weighted by Gasteiger charge is 2.56. The standard InChI is InChI=1S/C22H24N6O3/c1-14-18(31-16-5-9-25-17(11-16)15(12-23)13-24-2)3-4-19(26-14)27-21(30)28-10-8-22(6-7-22)20(28)29/h3-5,9,11-13H,6-8,10,23H2,1-2H3,(H,26,27,30). The van der Waals surface area contributed by atoms with Crippen molar-refractivity contribution >= 4 is 29.5 Å². The highest BCUT2D eigenvalue weighted by Crippen LogP contribution is 2.53. The highest BCUT2D eigenvalue weighted by atomic mass is 16.5. The van der Waals surface area contributed by atoms with Gasteiger partial charge in [0.05, 0.1) is 16.8 Å². The monoisotopic (exact) mass is 420 g/mol. The SMILES string of the molecule is CN=CC(=CN)c1cc(Oc2ccc(NC(=O)N3CCC4(CC4)C3=O)nc2C)ccn1. The summed E-state index contributed by atoms with van der Waals surface area (Å²) in [6.07, 6.45) is 7.17. The third kappa shape index (κ3) is 4.11. The fourth-order valence-corrected chi connectivity index (χ4v) is 3.63. The van der Waals surface area contributed by atoms with E-state index in [-0.39, 0.29) is 11.3 Å². The Bertz CT molecular complexity index is 1090. The summed E-state index contributed by atoms with van der Waals surface area (Å²) in [5, 5.41) is 2.71. The summed E-state index contributed by atoms with van der Waals surface area (Å²) >= 11 is 0. The van der Waals surface area contributed by atoms with Gasteiger partial charge in [-0.1, -0.05) is 0 Å². The van der Waals surface area contributed by atoms with Gasteiger partial charge < -0.3 is 10.5 Å². The first kappa shape index (κ1) is 20.5. The Labute approximate surface area is 180 Å². The van der Waals surface area contributed by atoms with Crippen LogP contribution in [0.1, 0.15) is 30.7 Å². The highest BCUT2D eigenvalue weighted by molar-refractivity contribution is 6.08. The molecule has 1 saturated heterocycles. The van der Waals surface area contributed by atoms with Crippen molar-refractivity contribution in [3.05, 3.63) is 48.1 Å². The average Bonchev–Trinajstić information content (AvgIpc) is 3.48. The predicted molar refractivity (Wildman–Crippen MR) is 117 cm³/mol. The molecule has 3 heterocycles. The number of hydrogen-bond donors (Lipinski definition) is 2. The van der Waals surface area contributed by atoms with E-state index in [0.717, 1.165) is 19.3 Å². The maximum absolute atomic E-state index is 12.5. The number of aliphatic imine (C=N–C) groups is 1. The number of nitrogens with one attached hydrogen (secondary N) is 1. The molecule has 9 heteroatoms. The van der Waals surface area contributed by atoms with Gasteiger partial charge in [0.2, 0.25) is 5.91 Å². The number of carbonyl (C=O) groups excluding carboxylic acids is 2. The molecule has 1 spiro atoms. The number of pyridine rings is 2. The van der Waals surface area contributed by atoms with Gasteiger partial charge in [-0.2, -0.15) is 0 Å². The lowest BCUT2D eigenvalue weighted by molar-refractivity contribution is -0.129. The fourth-order valence-electron chi connectivity index (χ4n) is 3.63. The Hall–Kier alpha value is -3.75. The van der Waals surface area contributed by atoms with Crippen molar-refractivity contribution in [1.29, 1.82) is 0 Å². The Morgan fingerprint density at radius 3 is 2.77 bits per heavy atom. The van der Waals surface area contributed by atoms with Gasteiger partial charge in [0.15, 0.2) is 0 Å². The number of nitrogens with two attached hydrogens (primary N) is 1. The summed E-state index contributed by atoms with van der Waals surface area (Å²) in [7, 11) is 1.66. The van der Waals surface area contributed by atoms with Crippen molar-refractivity contribution in [2.24, 2.45) is 16.1 Å². The topological polar surface area (TPSA) is 123 Å². The molecule has 0 unspecified atom stereocenters. The van der Waals surface area contributed by atoms with Gasteiger partial charge >= 0.3 is 6.03 Å². The number of urea groups is 1. The number of amides is 3. The summed E-state index contributed by atoms with van der Waals surface area (Å²) in [5.41, 5.74) is 7.26. The molecule has 3 N–H and O–H groups in total. The first-order valence-corrected chi connectivity index (χ1v) is 10.0. The molecule has 31 heavy (non-hydrogen) atoms. The van der Waals surface area contributed by atoms with Crippen LogP contribution in [-0.4, -0.2) is 46.6 Å². The smallest absolute Gasteiger partial charge is 0.329 e. The van der Waals surface area contributed by atoms with E-state index < -0.39 is 6.03 Å². The summed E-state index contributed by atoms with van der Waals surface area (Å²) in [6, 6.07) is 6.40. The number of nitrogens with zero attached hydrogens (tertiary/aromatic N) is 4. The molecule has 1 saturated carbocycles. The van der Waals surface area contributed by atoms with E-state index in [1.54, 1.807) is 50.6 Å². The zero-order valence-electron chi connectivity index (χ0n) is 17.5. The van der Waals surface area contributed by atoms with Crippen LogP contribution >= 0.6 is 0 Å². The van der Waals surface area contributed by atoms with E-state index >= 15 is 0 Å². The molecule has 160 valence electrons. The molecular formula is C22H24N6O3. The van der Waals surface area contributed by atoms with Crippen LogP contribution in [-0.2, 0) is 4.79 Å². The number of aryl methyl sites for hydroxylation is 1. The fraction of sp³-hybridized carbons (Fsp3) is 0.318. The van der Waals surface area contributed by atoms with Crippen molar-refractivity contribution in [2.75, 3.05) is 18.9 Å². The lowest BCUT2D eigenvalue weighted by Gasteiger charge is -2.16. The van der Waals surface area contributed by atoms with Gasteiger partial charge in [0, 0.05) is 43.8 Å². The van der Waals surface area contributed by atoms with Gasteiger partial charge in [-0.3, -0.25) is 25.0 Å². The van der Waals surface area contributed by atoms with E-state index in [0.29, 0.717) is 40.8 Å². The summed E-state index contributed by atoms with van der Waals surface area (Å²) in [6.45, 7) is 2.24. The minimum absolute atomic E-state index is 0.0748. The minimum Gasteiger partial charge on any atom is -0.455 e. The zero-order valence-corrected chi connectivity index (χ0v) is 17.5. The molecule has 0 radical (unpaired) electrons. The summed E-state index contributed by atoms with van der Waals surface area (Å²) in [5.74, 6) is 1.39. The van der Waals surface area contributed by atoms with Crippen molar-refractivity contribution in [1.82, 2.24) is 14.9 Å². The number of rotatable bonds is 5. The van der Waals surface area contributed by atoms with Crippen molar-refractivity contribution in [3.8, 4) is 11.5 Å². The molecule has 2 aliphatic rings. The molecular weight excluding hydrogens is 396 g/mol. The number of aromatic nitrogens is 2. The number of likely N-dealkylation sites (tertiary alicyclic amines) is 1. The molecule has 0 bridgehead atoms. The largest absolute Gasteiger partial charge is 0.455 e. The summed E-state index contributed by atoms with van der Waals surface area (Å²) < 4.78 is 5.94. The van der Waals surface area contributed by atoms with Crippen molar-refractivity contribution in [3.63, 3.8) is 0 Å². The van der Waals surface area contributed by atoms with Crippen LogP contribution in [0.5, 0.6) is 11.5 Å². The first-order valence-electron chi connectivity index (χ1n) is 10.0. The van der Waals surface area contributed by atoms with Gasteiger partial charge in [-0.15, -0.1) is 0 Å². The van der Waals surface area contributed by atoms with Crippen LogP contribution in [0.25, 0.3) is 5.57 Å². The van der Waals surface area contributed by atoms with Gasteiger partial charge in [-0.25, -0.2) is 9.78 Å². The quantitative estimate of drug-likeness (QED) is 0.717. The molecule has 0 atom stereocenters. The number of hydrogen-bond acceptors (Lipinski definition) is 7. The Morgan fingerprint density at radius 2 is 2.13 bits per heavy atom. The summed E-state index contributed by atoms with van der Waals surface area (Å²) in [4.78, 5) is 38.8. The van der Waals surface area contributed by atoms with Crippen LogP contribution in [0, 0.1) is 12.3 Å². The van der Waals surface area contributed by atoms with E-state index in [4.69, 9.17) is 10.5 Å². The molecule has 1 aliphatic heterocycles. The zero-order chi connectivity index (χ0) is 22.0.